The molecular weight excluding hydrogens is 286 g/mol. The Morgan fingerprint density at radius 2 is 1.86 bits per heavy atom. The Balaban J connectivity index is 2.34. The fourth-order valence-electron chi connectivity index (χ4n) is 1.86. The summed E-state index contributed by atoms with van der Waals surface area (Å²) in [5.74, 6) is -0.342. The molecule has 21 heavy (non-hydrogen) atoms. The molecule has 2 N–H and O–H groups in total. The van der Waals surface area contributed by atoms with Crippen molar-refractivity contribution in [3.05, 3.63) is 42.1 Å². The number of pyridine rings is 1. The van der Waals surface area contributed by atoms with Crippen LogP contribution in [0.1, 0.15) is 5.69 Å². The zero-order valence-electron chi connectivity index (χ0n) is 10.9. The summed E-state index contributed by atoms with van der Waals surface area (Å²) in [6.07, 6.45) is -4.76. The third-order valence-corrected chi connectivity index (χ3v) is 2.77. The van der Waals surface area contributed by atoms with Crippen LogP contribution in [0, 0.1) is 6.92 Å². The molecule has 0 radical (unpaired) electrons. The molecule has 4 nitrogen and oxygen atoms in total. The van der Waals surface area contributed by atoms with Gasteiger partial charge in [-0.15, -0.1) is 13.2 Å². The van der Waals surface area contributed by atoms with Crippen LogP contribution in [0.15, 0.2) is 36.4 Å². The van der Waals surface area contributed by atoms with Crippen LogP contribution in [0.25, 0.3) is 11.3 Å². The van der Waals surface area contributed by atoms with Gasteiger partial charge in [-0.2, -0.15) is 0 Å². The molecule has 0 amide bonds. The lowest BCUT2D eigenvalue weighted by molar-refractivity contribution is -0.274. The zero-order chi connectivity index (χ0) is 15.6. The Morgan fingerprint density at radius 1 is 1.14 bits per heavy atom. The van der Waals surface area contributed by atoms with E-state index in [1.807, 2.05) is 0 Å². The number of alkyl halides is 3. The van der Waals surface area contributed by atoms with Crippen molar-refractivity contribution in [2.75, 3.05) is 0 Å². The number of aromatic nitrogens is 1. The number of benzene rings is 1. The maximum atomic E-state index is 12.2. The van der Waals surface area contributed by atoms with Crippen molar-refractivity contribution in [3.63, 3.8) is 0 Å². The highest BCUT2D eigenvalue weighted by atomic mass is 19.4. The molecule has 0 unspecified atom stereocenters. The van der Waals surface area contributed by atoms with Gasteiger partial charge in [0.25, 0.3) is 0 Å². The Bertz CT molecular complexity index is 647. The molecule has 8 heteroatoms. The van der Waals surface area contributed by atoms with Gasteiger partial charge < -0.3 is 14.8 Å². The van der Waals surface area contributed by atoms with Gasteiger partial charge in [0.2, 0.25) is 0 Å². The standard InChI is InChI=1S/C13H11BF3NO3/c1-8-11(14(19)20)5-6-12(18-8)9-3-2-4-10(7-9)21-13(15,16)17/h2-7,19-20H,1H3. The van der Waals surface area contributed by atoms with E-state index in [0.29, 0.717) is 17.0 Å². The number of halogens is 3. The van der Waals surface area contributed by atoms with E-state index in [1.54, 1.807) is 13.0 Å². The van der Waals surface area contributed by atoms with E-state index in [-0.39, 0.29) is 11.2 Å². The van der Waals surface area contributed by atoms with Crippen LogP contribution in [0.3, 0.4) is 0 Å². The van der Waals surface area contributed by atoms with Crippen LogP contribution in [-0.2, 0) is 0 Å². The normalized spacial score (nSPS) is 11.3. The Kier molecular flexibility index (Phi) is 4.20. The number of rotatable bonds is 3. The zero-order valence-corrected chi connectivity index (χ0v) is 10.9. The van der Waals surface area contributed by atoms with Gasteiger partial charge in [0.15, 0.2) is 0 Å². The fourth-order valence-corrected chi connectivity index (χ4v) is 1.86. The van der Waals surface area contributed by atoms with Crippen molar-refractivity contribution in [1.82, 2.24) is 4.98 Å². The monoisotopic (exact) mass is 297 g/mol. The Labute approximate surface area is 119 Å². The van der Waals surface area contributed by atoms with Crippen molar-refractivity contribution in [2.24, 2.45) is 0 Å². The molecule has 1 aromatic carbocycles. The highest BCUT2D eigenvalue weighted by Gasteiger charge is 2.31. The molecule has 0 fully saturated rings. The summed E-state index contributed by atoms with van der Waals surface area (Å²) >= 11 is 0. The number of hydrogen-bond donors (Lipinski definition) is 2. The minimum Gasteiger partial charge on any atom is -0.423 e. The summed E-state index contributed by atoms with van der Waals surface area (Å²) in [6.45, 7) is 1.58. The average molecular weight is 297 g/mol. The summed E-state index contributed by atoms with van der Waals surface area (Å²) in [5.41, 5.74) is 1.45. The molecule has 0 saturated heterocycles. The first kappa shape index (κ1) is 15.3. The van der Waals surface area contributed by atoms with E-state index in [0.717, 1.165) is 0 Å². The first-order valence-corrected chi connectivity index (χ1v) is 5.96. The first-order valence-electron chi connectivity index (χ1n) is 5.96. The van der Waals surface area contributed by atoms with Gasteiger partial charge in [-0.3, -0.25) is 4.98 Å². The Hall–Kier alpha value is -2.06. The third kappa shape index (κ3) is 3.96. The SMILES string of the molecule is Cc1nc(-c2cccc(OC(F)(F)F)c2)ccc1B(O)O. The minimum atomic E-state index is -4.76. The van der Waals surface area contributed by atoms with Crippen molar-refractivity contribution < 1.29 is 28.0 Å². The van der Waals surface area contributed by atoms with Crippen LogP contribution in [0.2, 0.25) is 0 Å². The summed E-state index contributed by atoms with van der Waals surface area (Å²) in [6, 6.07) is 8.36. The second kappa shape index (κ2) is 5.75. The highest BCUT2D eigenvalue weighted by Crippen LogP contribution is 2.27. The minimum absolute atomic E-state index is 0.237. The molecule has 0 spiro atoms. The van der Waals surface area contributed by atoms with Crippen molar-refractivity contribution >= 4 is 12.6 Å². The summed E-state index contributed by atoms with van der Waals surface area (Å²) < 4.78 is 40.4. The molecule has 0 aliphatic heterocycles. The molecule has 0 aliphatic carbocycles. The van der Waals surface area contributed by atoms with Gasteiger partial charge >= 0.3 is 13.5 Å². The van der Waals surface area contributed by atoms with E-state index in [2.05, 4.69) is 9.72 Å². The van der Waals surface area contributed by atoms with E-state index in [9.17, 15) is 13.2 Å². The summed E-state index contributed by atoms with van der Waals surface area (Å²) in [7, 11) is -1.65. The van der Waals surface area contributed by atoms with E-state index < -0.39 is 13.5 Å². The van der Waals surface area contributed by atoms with E-state index in [4.69, 9.17) is 10.0 Å². The van der Waals surface area contributed by atoms with Gasteiger partial charge in [0, 0.05) is 16.7 Å². The predicted molar refractivity (Wildman–Crippen MR) is 70.9 cm³/mol. The number of ether oxygens (including phenoxy) is 1. The van der Waals surface area contributed by atoms with Crippen LogP contribution in [0.4, 0.5) is 13.2 Å². The van der Waals surface area contributed by atoms with Crippen LogP contribution in [-0.4, -0.2) is 28.5 Å². The van der Waals surface area contributed by atoms with Gasteiger partial charge in [-0.05, 0) is 25.1 Å². The van der Waals surface area contributed by atoms with Crippen LogP contribution < -0.4 is 10.2 Å². The number of hydrogen-bond acceptors (Lipinski definition) is 4. The maximum absolute atomic E-state index is 12.2. The Morgan fingerprint density at radius 3 is 2.43 bits per heavy atom. The molecule has 110 valence electrons. The van der Waals surface area contributed by atoms with Gasteiger partial charge in [0.1, 0.15) is 5.75 Å². The quantitative estimate of drug-likeness (QED) is 0.845. The van der Waals surface area contributed by atoms with Crippen molar-refractivity contribution in [1.29, 1.82) is 0 Å². The summed E-state index contributed by atoms with van der Waals surface area (Å²) in [5, 5.41) is 18.2. The first-order chi connectivity index (χ1) is 9.76. The number of aryl methyl sites for hydroxylation is 1. The van der Waals surface area contributed by atoms with Crippen LogP contribution in [0.5, 0.6) is 5.75 Å². The second-order valence-corrected chi connectivity index (χ2v) is 4.32. The van der Waals surface area contributed by atoms with E-state index in [1.165, 1.54) is 30.3 Å². The van der Waals surface area contributed by atoms with Gasteiger partial charge in [0.05, 0.1) is 5.69 Å². The molecule has 2 rings (SSSR count). The predicted octanol–water partition coefficient (Wildman–Crippen LogP) is 1.64. The molecular formula is C13H11BF3NO3. The van der Waals surface area contributed by atoms with E-state index >= 15 is 0 Å². The summed E-state index contributed by atoms with van der Waals surface area (Å²) in [4.78, 5) is 4.15. The smallest absolute Gasteiger partial charge is 0.423 e. The van der Waals surface area contributed by atoms with Gasteiger partial charge in [-0.1, -0.05) is 18.2 Å². The number of nitrogens with zero attached hydrogens (tertiary/aromatic N) is 1. The molecule has 0 saturated carbocycles. The maximum Gasteiger partial charge on any atom is 0.573 e. The van der Waals surface area contributed by atoms with Crippen molar-refractivity contribution in [3.8, 4) is 17.0 Å². The third-order valence-electron chi connectivity index (χ3n) is 2.77. The lowest BCUT2D eigenvalue weighted by Gasteiger charge is -2.11. The molecule has 0 atom stereocenters. The van der Waals surface area contributed by atoms with Crippen LogP contribution >= 0.6 is 0 Å². The highest BCUT2D eigenvalue weighted by molar-refractivity contribution is 6.59. The lowest BCUT2D eigenvalue weighted by atomic mass is 9.79. The topological polar surface area (TPSA) is 62.6 Å². The molecule has 0 aliphatic rings. The van der Waals surface area contributed by atoms with Gasteiger partial charge in [-0.25, -0.2) is 0 Å². The fraction of sp³-hybridized carbons (Fsp3) is 0.154. The largest absolute Gasteiger partial charge is 0.573 e. The lowest BCUT2D eigenvalue weighted by Crippen LogP contribution is -2.32. The molecule has 2 aromatic rings. The average Bonchev–Trinajstić information content (AvgIpc) is 2.36. The molecule has 1 aromatic heterocycles. The van der Waals surface area contributed by atoms with Crippen molar-refractivity contribution in [2.45, 2.75) is 13.3 Å². The molecule has 1 heterocycles. The molecule has 0 bridgehead atoms. The second-order valence-electron chi connectivity index (χ2n) is 4.32.